The van der Waals surface area contributed by atoms with Crippen LogP contribution >= 0.6 is 0 Å². The number of carbonyl (C=O) groups is 1. The molecule has 0 atom stereocenters. The molecule has 0 amide bonds. The first kappa shape index (κ1) is 6.91. The molecule has 2 aromatic rings. The normalized spacial score (nSPS) is 10.0. The molecule has 1 aromatic carbocycles. The van der Waals surface area contributed by atoms with Crippen LogP contribution in [0.5, 0.6) is 0 Å². The van der Waals surface area contributed by atoms with Gasteiger partial charge in [-0.3, -0.25) is 4.79 Å². The number of hydrogen-bond acceptors (Lipinski definition) is 2. The van der Waals surface area contributed by atoms with Crippen molar-refractivity contribution in [1.82, 2.24) is 4.73 Å². The van der Waals surface area contributed by atoms with Gasteiger partial charge in [0.2, 0.25) is 0 Å². The lowest BCUT2D eigenvalue weighted by Crippen LogP contribution is -2.06. The van der Waals surface area contributed by atoms with E-state index in [4.69, 9.17) is 4.84 Å². The van der Waals surface area contributed by atoms with Crippen LogP contribution in [0.1, 0.15) is 0 Å². The Balaban J connectivity index is 2.62. The monoisotopic (exact) mass is 161 g/mol. The second kappa shape index (κ2) is 2.70. The summed E-state index contributed by atoms with van der Waals surface area (Å²) in [7, 11) is 0. The predicted molar refractivity (Wildman–Crippen MR) is 44.6 cm³/mol. The molecule has 1 heterocycles. The minimum atomic E-state index is 0.409. The molecular formula is C9H7NO2. The van der Waals surface area contributed by atoms with Crippen LogP contribution in [-0.4, -0.2) is 11.2 Å². The SMILES string of the molecule is O=COn1ccc2ccccc21. The Morgan fingerprint density at radius 1 is 1.25 bits per heavy atom. The Labute approximate surface area is 69.1 Å². The van der Waals surface area contributed by atoms with Crippen LogP contribution < -0.4 is 4.84 Å². The summed E-state index contributed by atoms with van der Waals surface area (Å²) >= 11 is 0. The van der Waals surface area contributed by atoms with Gasteiger partial charge in [0.1, 0.15) is 0 Å². The van der Waals surface area contributed by atoms with E-state index < -0.39 is 0 Å². The maximum atomic E-state index is 10.1. The molecule has 0 aliphatic carbocycles. The van der Waals surface area contributed by atoms with Crippen molar-refractivity contribution in [3.63, 3.8) is 0 Å². The zero-order chi connectivity index (χ0) is 8.39. The van der Waals surface area contributed by atoms with Crippen molar-refractivity contribution < 1.29 is 9.63 Å². The van der Waals surface area contributed by atoms with Crippen molar-refractivity contribution in [3.05, 3.63) is 36.5 Å². The van der Waals surface area contributed by atoms with E-state index in [1.165, 1.54) is 4.73 Å². The first-order valence-electron chi connectivity index (χ1n) is 3.59. The Kier molecular flexibility index (Phi) is 1.55. The lowest BCUT2D eigenvalue weighted by atomic mass is 10.3. The fraction of sp³-hybridized carbons (Fsp3) is 0. The summed E-state index contributed by atoms with van der Waals surface area (Å²) in [6.07, 6.45) is 1.71. The standard InChI is InChI=1S/C9H7NO2/c11-7-12-10-6-5-8-3-1-2-4-9(8)10/h1-7H. The lowest BCUT2D eigenvalue weighted by Gasteiger charge is -1.98. The summed E-state index contributed by atoms with van der Waals surface area (Å²) in [4.78, 5) is 14.8. The zero-order valence-electron chi connectivity index (χ0n) is 6.31. The van der Waals surface area contributed by atoms with Gasteiger partial charge in [-0.05, 0) is 12.1 Å². The molecular weight excluding hydrogens is 154 g/mol. The van der Waals surface area contributed by atoms with E-state index in [1.54, 1.807) is 6.20 Å². The highest BCUT2D eigenvalue weighted by atomic mass is 16.7. The first-order chi connectivity index (χ1) is 5.92. The molecule has 0 radical (unpaired) electrons. The summed E-state index contributed by atoms with van der Waals surface area (Å²) in [5, 5.41) is 1.05. The molecule has 0 N–H and O–H groups in total. The molecule has 12 heavy (non-hydrogen) atoms. The third kappa shape index (κ3) is 0.955. The Morgan fingerprint density at radius 2 is 2.08 bits per heavy atom. The highest BCUT2D eigenvalue weighted by Crippen LogP contribution is 2.12. The van der Waals surface area contributed by atoms with E-state index in [9.17, 15) is 4.79 Å². The minimum absolute atomic E-state index is 0.409. The molecule has 0 aliphatic rings. The number of hydrogen-bond donors (Lipinski definition) is 0. The van der Waals surface area contributed by atoms with E-state index in [2.05, 4.69) is 0 Å². The summed E-state index contributed by atoms with van der Waals surface area (Å²) in [6, 6.07) is 9.57. The van der Waals surface area contributed by atoms with Crippen LogP contribution in [0, 0.1) is 0 Å². The third-order valence-corrected chi connectivity index (χ3v) is 1.72. The van der Waals surface area contributed by atoms with Gasteiger partial charge in [0, 0.05) is 11.6 Å². The molecule has 60 valence electrons. The molecule has 3 heteroatoms. The van der Waals surface area contributed by atoms with Crippen molar-refractivity contribution in [1.29, 1.82) is 0 Å². The van der Waals surface area contributed by atoms with Crippen molar-refractivity contribution >= 4 is 17.4 Å². The molecule has 0 unspecified atom stereocenters. The molecule has 0 fully saturated rings. The highest BCUT2D eigenvalue weighted by molar-refractivity contribution is 5.79. The largest absolute Gasteiger partial charge is 0.340 e. The number of aromatic nitrogens is 1. The van der Waals surface area contributed by atoms with Gasteiger partial charge in [-0.15, -0.1) is 0 Å². The second-order valence-electron chi connectivity index (χ2n) is 2.40. The first-order valence-corrected chi connectivity index (χ1v) is 3.59. The molecule has 0 bridgehead atoms. The number of carbonyl (C=O) groups excluding carboxylic acids is 1. The maximum absolute atomic E-state index is 10.1. The molecule has 3 nitrogen and oxygen atoms in total. The van der Waals surface area contributed by atoms with Gasteiger partial charge in [-0.2, -0.15) is 4.73 Å². The summed E-state index contributed by atoms with van der Waals surface area (Å²) in [6.45, 7) is 0.409. The zero-order valence-corrected chi connectivity index (χ0v) is 6.31. The Hall–Kier alpha value is -1.77. The summed E-state index contributed by atoms with van der Waals surface area (Å²) in [5.74, 6) is 0. The molecule has 0 saturated heterocycles. The van der Waals surface area contributed by atoms with Gasteiger partial charge < -0.3 is 4.84 Å². The quantitative estimate of drug-likeness (QED) is 0.620. The van der Waals surface area contributed by atoms with Crippen molar-refractivity contribution in [3.8, 4) is 0 Å². The van der Waals surface area contributed by atoms with Gasteiger partial charge in [0.05, 0.1) is 5.52 Å². The molecule has 1 aromatic heterocycles. The van der Waals surface area contributed by atoms with Crippen LogP contribution in [0.3, 0.4) is 0 Å². The van der Waals surface area contributed by atoms with Gasteiger partial charge in [-0.25, -0.2) is 0 Å². The van der Waals surface area contributed by atoms with Crippen LogP contribution in [0.15, 0.2) is 36.5 Å². The van der Waals surface area contributed by atoms with E-state index in [0.29, 0.717) is 6.47 Å². The van der Waals surface area contributed by atoms with Crippen LogP contribution in [0.2, 0.25) is 0 Å². The second-order valence-corrected chi connectivity index (χ2v) is 2.40. The van der Waals surface area contributed by atoms with Gasteiger partial charge in [0.15, 0.2) is 0 Å². The van der Waals surface area contributed by atoms with Crippen molar-refractivity contribution in [2.24, 2.45) is 0 Å². The third-order valence-electron chi connectivity index (χ3n) is 1.72. The molecule has 2 rings (SSSR count). The fourth-order valence-corrected chi connectivity index (χ4v) is 1.20. The van der Waals surface area contributed by atoms with E-state index in [0.717, 1.165) is 10.9 Å². The molecule has 0 saturated carbocycles. The van der Waals surface area contributed by atoms with Gasteiger partial charge >= 0.3 is 6.47 Å². The smallest absolute Gasteiger partial charge is 0.321 e. The lowest BCUT2D eigenvalue weighted by molar-refractivity contribution is -0.128. The average Bonchev–Trinajstić information content (AvgIpc) is 2.50. The fourth-order valence-electron chi connectivity index (χ4n) is 1.20. The Morgan fingerprint density at radius 3 is 2.92 bits per heavy atom. The van der Waals surface area contributed by atoms with Crippen LogP contribution in [0.4, 0.5) is 0 Å². The topological polar surface area (TPSA) is 31.2 Å². The molecule has 0 aliphatic heterocycles. The van der Waals surface area contributed by atoms with E-state index in [-0.39, 0.29) is 0 Å². The van der Waals surface area contributed by atoms with Gasteiger partial charge in [-0.1, -0.05) is 18.2 Å². The molecule has 0 spiro atoms. The number of benzene rings is 1. The van der Waals surface area contributed by atoms with Crippen molar-refractivity contribution in [2.75, 3.05) is 0 Å². The Bertz CT molecular complexity index is 406. The van der Waals surface area contributed by atoms with Crippen LogP contribution in [0.25, 0.3) is 10.9 Å². The number of nitrogens with zero attached hydrogens (tertiary/aromatic N) is 1. The van der Waals surface area contributed by atoms with Crippen molar-refractivity contribution in [2.45, 2.75) is 0 Å². The van der Waals surface area contributed by atoms with E-state index in [1.807, 2.05) is 30.3 Å². The number of para-hydroxylation sites is 1. The highest BCUT2D eigenvalue weighted by Gasteiger charge is 1.98. The van der Waals surface area contributed by atoms with Gasteiger partial charge in [0.25, 0.3) is 0 Å². The maximum Gasteiger partial charge on any atom is 0.321 e. The number of fused-ring (bicyclic) bond motifs is 1. The number of rotatable bonds is 2. The summed E-state index contributed by atoms with van der Waals surface area (Å²) < 4.78 is 1.43. The van der Waals surface area contributed by atoms with E-state index >= 15 is 0 Å². The predicted octanol–water partition coefficient (Wildman–Crippen LogP) is 1.23. The minimum Gasteiger partial charge on any atom is -0.340 e. The summed E-state index contributed by atoms with van der Waals surface area (Å²) in [5.41, 5.74) is 0.893. The average molecular weight is 161 g/mol. The van der Waals surface area contributed by atoms with Crippen LogP contribution in [-0.2, 0) is 4.79 Å².